The summed E-state index contributed by atoms with van der Waals surface area (Å²) in [5.74, 6) is -0.498. The second kappa shape index (κ2) is 6.39. The Bertz CT molecular complexity index is 665. The summed E-state index contributed by atoms with van der Waals surface area (Å²) in [5, 5.41) is 4.78. The van der Waals surface area contributed by atoms with Crippen LogP contribution in [0.3, 0.4) is 0 Å². The van der Waals surface area contributed by atoms with Crippen LogP contribution in [0.1, 0.15) is 30.6 Å². The van der Waals surface area contributed by atoms with Crippen molar-refractivity contribution in [3.63, 3.8) is 0 Å². The van der Waals surface area contributed by atoms with E-state index in [2.05, 4.69) is 5.32 Å². The van der Waals surface area contributed by atoms with Crippen LogP contribution in [-0.4, -0.2) is 17.9 Å². The van der Waals surface area contributed by atoms with Crippen LogP contribution in [-0.2, 0) is 4.79 Å². The average Bonchev–Trinajstić information content (AvgIpc) is 2.45. The number of benzene rings is 2. The molecule has 4 heteroatoms. The van der Waals surface area contributed by atoms with Crippen molar-refractivity contribution in [1.29, 1.82) is 0 Å². The van der Waals surface area contributed by atoms with E-state index in [4.69, 9.17) is 5.73 Å². The molecule has 1 atom stereocenters. The molecule has 0 aromatic heterocycles. The first-order valence-corrected chi connectivity index (χ1v) is 7.06. The fraction of sp³-hybridized carbons (Fsp3) is 0.294. The lowest BCUT2D eigenvalue weighted by molar-refractivity contribution is -0.120. The van der Waals surface area contributed by atoms with E-state index >= 15 is 0 Å². The van der Waals surface area contributed by atoms with Gasteiger partial charge in [0.15, 0.2) is 0 Å². The predicted octanol–water partition coefficient (Wildman–Crippen LogP) is 2.47. The first-order chi connectivity index (χ1) is 9.97. The number of primary amides is 1. The third kappa shape index (κ3) is 3.81. The van der Waals surface area contributed by atoms with Gasteiger partial charge in [-0.05, 0) is 35.2 Å². The van der Waals surface area contributed by atoms with Crippen LogP contribution in [0.15, 0.2) is 42.5 Å². The first kappa shape index (κ1) is 15.0. The number of hydrogen-bond donors (Lipinski definition) is 2. The van der Waals surface area contributed by atoms with Gasteiger partial charge in [-0.15, -0.1) is 0 Å². The van der Waals surface area contributed by atoms with Crippen molar-refractivity contribution in [2.75, 3.05) is 0 Å². The topological polar surface area (TPSA) is 72.2 Å². The molecular formula is C17H20N2O2. The van der Waals surface area contributed by atoms with E-state index in [1.807, 2.05) is 50.2 Å². The summed E-state index contributed by atoms with van der Waals surface area (Å²) in [6.07, 6.45) is 0.536. The third-order valence-corrected chi connectivity index (χ3v) is 3.37. The van der Waals surface area contributed by atoms with Crippen molar-refractivity contribution in [2.45, 2.75) is 26.3 Å². The highest BCUT2D eigenvalue weighted by atomic mass is 16.2. The van der Waals surface area contributed by atoms with Crippen molar-refractivity contribution in [3.05, 3.63) is 48.0 Å². The van der Waals surface area contributed by atoms with E-state index in [1.54, 1.807) is 6.07 Å². The second-order valence-electron chi connectivity index (χ2n) is 5.62. The zero-order chi connectivity index (χ0) is 15.4. The molecule has 2 rings (SSSR count). The summed E-state index contributed by atoms with van der Waals surface area (Å²) in [6, 6.07) is 12.6. The highest BCUT2D eigenvalue weighted by molar-refractivity contribution is 6.00. The van der Waals surface area contributed by atoms with Crippen LogP contribution in [0.4, 0.5) is 0 Å². The number of amides is 2. The van der Waals surface area contributed by atoms with Gasteiger partial charge in [0, 0.05) is 5.56 Å². The fourth-order valence-corrected chi connectivity index (χ4v) is 2.29. The minimum Gasteiger partial charge on any atom is -0.368 e. The van der Waals surface area contributed by atoms with E-state index in [1.165, 1.54) is 0 Å². The number of carbonyl (C=O) groups is 2. The number of fused-ring (bicyclic) bond motifs is 1. The minimum atomic E-state index is -0.635. The number of nitrogens with one attached hydrogen (secondary N) is 1. The molecule has 4 nitrogen and oxygen atoms in total. The largest absolute Gasteiger partial charge is 0.368 e. The SMILES string of the molecule is CC(C)CC(NC(=O)c1ccc2ccccc2c1)C(N)=O. The summed E-state index contributed by atoms with van der Waals surface area (Å²) in [5.41, 5.74) is 5.88. The van der Waals surface area contributed by atoms with Crippen molar-refractivity contribution in [2.24, 2.45) is 11.7 Å². The van der Waals surface area contributed by atoms with Gasteiger partial charge in [0.1, 0.15) is 6.04 Å². The van der Waals surface area contributed by atoms with Crippen LogP contribution in [0.2, 0.25) is 0 Å². The summed E-state index contributed by atoms with van der Waals surface area (Å²) in [6.45, 7) is 3.97. The van der Waals surface area contributed by atoms with Crippen molar-refractivity contribution >= 4 is 22.6 Å². The fourth-order valence-electron chi connectivity index (χ4n) is 2.29. The Morgan fingerprint density at radius 1 is 1.10 bits per heavy atom. The molecule has 0 aliphatic rings. The van der Waals surface area contributed by atoms with Crippen LogP contribution in [0, 0.1) is 5.92 Å². The number of nitrogens with two attached hydrogens (primary N) is 1. The van der Waals surface area contributed by atoms with Crippen LogP contribution < -0.4 is 11.1 Å². The quantitative estimate of drug-likeness (QED) is 0.885. The predicted molar refractivity (Wildman–Crippen MR) is 83.9 cm³/mol. The van der Waals surface area contributed by atoms with Gasteiger partial charge in [-0.1, -0.05) is 44.2 Å². The van der Waals surface area contributed by atoms with Crippen LogP contribution in [0.25, 0.3) is 10.8 Å². The van der Waals surface area contributed by atoms with Crippen molar-refractivity contribution in [1.82, 2.24) is 5.32 Å². The van der Waals surface area contributed by atoms with Crippen LogP contribution in [0.5, 0.6) is 0 Å². The smallest absolute Gasteiger partial charge is 0.251 e. The van der Waals surface area contributed by atoms with Gasteiger partial charge in [-0.2, -0.15) is 0 Å². The molecule has 0 saturated heterocycles. The lowest BCUT2D eigenvalue weighted by Gasteiger charge is -2.17. The highest BCUT2D eigenvalue weighted by Crippen LogP contribution is 2.16. The maximum absolute atomic E-state index is 12.3. The Labute approximate surface area is 124 Å². The zero-order valence-corrected chi connectivity index (χ0v) is 12.3. The molecule has 2 amide bonds. The lowest BCUT2D eigenvalue weighted by atomic mass is 10.0. The molecule has 0 heterocycles. The Morgan fingerprint density at radius 2 is 1.76 bits per heavy atom. The molecule has 0 fully saturated rings. The molecule has 3 N–H and O–H groups in total. The minimum absolute atomic E-state index is 0.273. The molecule has 0 aliphatic heterocycles. The van der Waals surface area contributed by atoms with Crippen molar-refractivity contribution < 1.29 is 9.59 Å². The summed E-state index contributed by atoms with van der Waals surface area (Å²) in [4.78, 5) is 23.7. The molecule has 2 aromatic carbocycles. The average molecular weight is 284 g/mol. The normalized spacial score (nSPS) is 12.3. The molecule has 0 radical (unpaired) electrons. The maximum atomic E-state index is 12.3. The molecule has 110 valence electrons. The number of carbonyl (C=O) groups excluding carboxylic acids is 2. The van der Waals surface area contributed by atoms with E-state index in [0.29, 0.717) is 12.0 Å². The first-order valence-electron chi connectivity index (χ1n) is 7.06. The van der Waals surface area contributed by atoms with Gasteiger partial charge in [0.25, 0.3) is 5.91 Å². The second-order valence-corrected chi connectivity index (χ2v) is 5.62. The summed E-state index contributed by atoms with van der Waals surface area (Å²) in [7, 11) is 0. The third-order valence-electron chi connectivity index (χ3n) is 3.37. The van der Waals surface area contributed by atoms with Gasteiger partial charge in [0.05, 0.1) is 0 Å². The molecule has 2 aromatic rings. The van der Waals surface area contributed by atoms with Gasteiger partial charge in [-0.3, -0.25) is 9.59 Å². The van der Waals surface area contributed by atoms with E-state index in [0.717, 1.165) is 10.8 Å². The molecule has 1 unspecified atom stereocenters. The van der Waals surface area contributed by atoms with E-state index in [-0.39, 0.29) is 11.8 Å². The summed E-state index contributed by atoms with van der Waals surface area (Å²) < 4.78 is 0. The molecule has 0 aliphatic carbocycles. The number of rotatable bonds is 5. The standard InChI is InChI=1S/C17H20N2O2/c1-11(2)9-15(16(18)20)19-17(21)14-8-7-12-5-3-4-6-13(12)10-14/h3-8,10-11,15H,9H2,1-2H3,(H2,18,20)(H,19,21). The van der Waals surface area contributed by atoms with E-state index in [9.17, 15) is 9.59 Å². The van der Waals surface area contributed by atoms with Gasteiger partial charge >= 0.3 is 0 Å². The maximum Gasteiger partial charge on any atom is 0.251 e. The van der Waals surface area contributed by atoms with E-state index < -0.39 is 11.9 Å². The summed E-state index contributed by atoms with van der Waals surface area (Å²) >= 11 is 0. The van der Waals surface area contributed by atoms with Crippen molar-refractivity contribution in [3.8, 4) is 0 Å². The Hall–Kier alpha value is -2.36. The monoisotopic (exact) mass is 284 g/mol. The number of hydrogen-bond acceptors (Lipinski definition) is 2. The lowest BCUT2D eigenvalue weighted by Crippen LogP contribution is -2.45. The molecule has 0 saturated carbocycles. The van der Waals surface area contributed by atoms with Crippen LogP contribution >= 0.6 is 0 Å². The molecule has 0 spiro atoms. The van der Waals surface area contributed by atoms with Gasteiger partial charge in [-0.25, -0.2) is 0 Å². The van der Waals surface area contributed by atoms with Gasteiger partial charge in [0.2, 0.25) is 5.91 Å². The highest BCUT2D eigenvalue weighted by Gasteiger charge is 2.20. The zero-order valence-electron chi connectivity index (χ0n) is 12.3. The molecular weight excluding hydrogens is 264 g/mol. The molecule has 21 heavy (non-hydrogen) atoms. The van der Waals surface area contributed by atoms with Gasteiger partial charge < -0.3 is 11.1 Å². The Balaban J connectivity index is 2.19. The Kier molecular flexibility index (Phi) is 4.58. The molecule has 0 bridgehead atoms. The Morgan fingerprint density at radius 3 is 2.38 bits per heavy atom.